The van der Waals surface area contributed by atoms with Gasteiger partial charge in [-0.15, -0.1) is 5.25 Å². The van der Waals surface area contributed by atoms with Crippen LogP contribution in [0.5, 0.6) is 0 Å². The van der Waals surface area contributed by atoms with E-state index in [2.05, 4.69) is 32.7 Å². The van der Waals surface area contributed by atoms with Crippen molar-refractivity contribution >= 4 is 34.0 Å². The molecule has 0 aromatic carbocycles. The Morgan fingerprint density at radius 3 is 1.68 bits per heavy atom. The molecular formula is C15H31GeNOS-2. The van der Waals surface area contributed by atoms with Crippen LogP contribution in [0.15, 0.2) is 4.99 Å². The second-order valence-electron chi connectivity index (χ2n) is 5.79. The molecule has 0 aromatic rings. The van der Waals surface area contributed by atoms with Crippen molar-refractivity contribution < 1.29 is 5.11 Å². The Hall–Kier alpha value is 0.363. The minimum Gasteiger partial charge on any atom is -0.862 e. The third-order valence-electron chi connectivity index (χ3n) is 2.37. The standard InChI is InChI=1S/C10H22Ge.C5H11NOS/c1-9(2)5-7-11-8-6-10(3)4;1-4(8)3-6-5(2)7/h9-10H,5-8H2,1-4H3;4,8H,3H2,1-2H3,(H,6,7)/p-2. The van der Waals surface area contributed by atoms with E-state index < -0.39 is 0 Å². The quantitative estimate of drug-likeness (QED) is 0.222. The second-order valence-corrected chi connectivity index (χ2v) is 9.74. The van der Waals surface area contributed by atoms with Crippen molar-refractivity contribution in [2.45, 2.75) is 70.1 Å². The Morgan fingerprint density at radius 1 is 1.05 bits per heavy atom. The Balaban J connectivity index is 0. The van der Waals surface area contributed by atoms with Crippen molar-refractivity contribution in [3.05, 3.63) is 0 Å². The first-order chi connectivity index (χ1) is 8.75. The minimum absolute atomic E-state index is 0.0823. The van der Waals surface area contributed by atoms with E-state index in [1.54, 1.807) is 10.5 Å². The number of hydrogen-bond donors (Lipinski definition) is 0. The van der Waals surface area contributed by atoms with Crippen LogP contribution in [0.25, 0.3) is 0 Å². The van der Waals surface area contributed by atoms with Crippen LogP contribution in [-0.4, -0.2) is 33.1 Å². The molecule has 0 saturated heterocycles. The molecule has 0 bridgehead atoms. The molecule has 0 aromatic heterocycles. The summed E-state index contributed by atoms with van der Waals surface area (Å²) in [6, 6.07) is 0. The van der Waals surface area contributed by atoms with Gasteiger partial charge in [0.15, 0.2) is 0 Å². The van der Waals surface area contributed by atoms with Gasteiger partial charge in [-0.1, -0.05) is 6.92 Å². The third kappa shape index (κ3) is 27.5. The summed E-state index contributed by atoms with van der Waals surface area (Å²) >= 11 is 5.19. The van der Waals surface area contributed by atoms with Gasteiger partial charge in [-0.2, -0.15) is 0 Å². The molecule has 0 N–H and O–H groups in total. The smallest absolute Gasteiger partial charge is 0.0185 e. The molecule has 0 spiro atoms. The summed E-state index contributed by atoms with van der Waals surface area (Å²) in [5, 5.41) is 13.3. The molecule has 0 heterocycles. The normalized spacial score (nSPS) is 13.4. The maximum atomic E-state index is 10.1. The Kier molecular flexibility index (Phi) is 16.8. The molecule has 2 nitrogen and oxygen atoms in total. The van der Waals surface area contributed by atoms with E-state index >= 15 is 0 Å². The van der Waals surface area contributed by atoms with Crippen LogP contribution < -0.4 is 5.11 Å². The van der Waals surface area contributed by atoms with Gasteiger partial charge in [0.2, 0.25) is 0 Å². The van der Waals surface area contributed by atoms with Crippen LogP contribution in [0.4, 0.5) is 0 Å². The molecular weight excluding hydrogens is 315 g/mol. The molecule has 0 rings (SSSR count). The predicted octanol–water partition coefficient (Wildman–Crippen LogP) is 3.32. The van der Waals surface area contributed by atoms with E-state index in [0.29, 0.717) is 22.0 Å². The van der Waals surface area contributed by atoms with Gasteiger partial charge >= 0.3 is 78.3 Å². The van der Waals surface area contributed by atoms with Crippen molar-refractivity contribution in [2.24, 2.45) is 16.8 Å². The summed E-state index contributed by atoms with van der Waals surface area (Å²) in [4.78, 5) is 3.58. The summed E-state index contributed by atoms with van der Waals surface area (Å²) in [7, 11) is 0. The fraction of sp³-hybridized carbons (Fsp3) is 0.933. The largest absolute Gasteiger partial charge is 0.862 e. The summed E-state index contributed by atoms with van der Waals surface area (Å²) in [5.41, 5.74) is 0. The minimum atomic E-state index is -0.137. The average Bonchev–Trinajstić information content (AvgIpc) is 2.26. The zero-order chi connectivity index (χ0) is 15.3. The fourth-order valence-corrected chi connectivity index (χ4v) is 5.04. The van der Waals surface area contributed by atoms with E-state index in [1.165, 1.54) is 19.8 Å². The fourth-order valence-electron chi connectivity index (χ4n) is 1.16. The monoisotopic (exact) mass is 347 g/mol. The SMILES string of the molecule is CC(C)C[CH2][Ge][CH2]CC(C)C.CC([O-])=NCC(C)[S-]. The predicted molar refractivity (Wildman–Crippen MR) is 89.1 cm³/mol. The molecule has 0 amide bonds. The van der Waals surface area contributed by atoms with Crippen LogP contribution >= 0.6 is 0 Å². The van der Waals surface area contributed by atoms with Crippen LogP contribution in [0.3, 0.4) is 0 Å². The van der Waals surface area contributed by atoms with Gasteiger partial charge in [-0.3, -0.25) is 0 Å². The second kappa shape index (κ2) is 14.8. The van der Waals surface area contributed by atoms with Crippen LogP contribution in [-0.2, 0) is 12.6 Å². The van der Waals surface area contributed by atoms with E-state index in [9.17, 15) is 5.11 Å². The van der Waals surface area contributed by atoms with Gasteiger partial charge in [0.25, 0.3) is 0 Å². The van der Waals surface area contributed by atoms with Gasteiger partial charge in [0.05, 0.1) is 0 Å². The van der Waals surface area contributed by atoms with Crippen LogP contribution in [0, 0.1) is 11.8 Å². The number of rotatable bonds is 8. The van der Waals surface area contributed by atoms with Crippen molar-refractivity contribution in [1.29, 1.82) is 0 Å². The van der Waals surface area contributed by atoms with E-state index in [0.717, 1.165) is 11.8 Å². The third-order valence-corrected chi connectivity index (χ3v) is 5.21. The maximum absolute atomic E-state index is 10.1. The molecule has 0 fully saturated rings. The van der Waals surface area contributed by atoms with E-state index in [1.807, 2.05) is 6.92 Å². The maximum Gasteiger partial charge on any atom is 0.0185 e. The first-order valence-corrected chi connectivity index (χ1v) is 10.7. The summed E-state index contributed by atoms with van der Waals surface area (Å²) < 4.78 is 0. The average molecular weight is 346 g/mol. The number of nitrogens with zero attached hydrogens (tertiary/aromatic N) is 1. The van der Waals surface area contributed by atoms with E-state index in [-0.39, 0.29) is 11.1 Å². The van der Waals surface area contributed by atoms with Gasteiger partial charge in [-0.05, 0) is 12.8 Å². The van der Waals surface area contributed by atoms with Crippen molar-refractivity contribution in [3.8, 4) is 0 Å². The van der Waals surface area contributed by atoms with Gasteiger partial charge in [-0.25, -0.2) is 0 Å². The van der Waals surface area contributed by atoms with Gasteiger partial charge in [0, 0.05) is 6.54 Å². The molecule has 4 heteroatoms. The zero-order valence-electron chi connectivity index (χ0n) is 13.5. The van der Waals surface area contributed by atoms with E-state index in [4.69, 9.17) is 12.6 Å². The van der Waals surface area contributed by atoms with Crippen molar-refractivity contribution in [3.63, 3.8) is 0 Å². The number of hydrogen-bond acceptors (Lipinski definition) is 3. The van der Waals surface area contributed by atoms with Crippen molar-refractivity contribution in [1.82, 2.24) is 0 Å². The molecule has 0 aliphatic carbocycles. The molecule has 1 unspecified atom stereocenters. The van der Waals surface area contributed by atoms with Crippen molar-refractivity contribution in [2.75, 3.05) is 6.54 Å². The molecule has 0 aliphatic heterocycles. The first-order valence-electron chi connectivity index (χ1n) is 7.30. The molecule has 19 heavy (non-hydrogen) atoms. The molecule has 0 saturated carbocycles. The Bertz CT molecular complexity index is 204. The Morgan fingerprint density at radius 2 is 1.47 bits per heavy atom. The molecule has 0 aliphatic rings. The topological polar surface area (TPSA) is 35.4 Å². The van der Waals surface area contributed by atoms with Gasteiger partial charge in [0.1, 0.15) is 0 Å². The Labute approximate surface area is 132 Å². The zero-order valence-corrected chi connectivity index (χ0v) is 16.4. The summed E-state index contributed by atoms with van der Waals surface area (Å²) in [5.74, 6) is 1.72. The molecule has 1 atom stereocenters. The molecule has 2 radical (unpaired) electrons. The van der Waals surface area contributed by atoms with Crippen LogP contribution in [0.1, 0.15) is 54.4 Å². The summed E-state index contributed by atoms with van der Waals surface area (Å²) in [6.45, 7) is 13.1. The molecule has 114 valence electrons. The van der Waals surface area contributed by atoms with Gasteiger partial charge < -0.3 is 22.7 Å². The first kappa shape index (κ1) is 21.7. The summed E-state index contributed by atoms with van der Waals surface area (Å²) in [6.07, 6.45) is 2.94. The van der Waals surface area contributed by atoms with Crippen LogP contribution in [0.2, 0.25) is 10.5 Å². The number of aliphatic imine (C=N–C) groups is 1.